The second-order valence-corrected chi connectivity index (χ2v) is 8.62. The Morgan fingerprint density at radius 3 is 2.53 bits per heavy atom. The molecule has 156 valence electrons. The molecule has 0 radical (unpaired) electrons. The number of unbranched alkanes of at least 4 members (excludes halogenated alkanes) is 1. The fourth-order valence-corrected chi connectivity index (χ4v) is 5.36. The van der Waals surface area contributed by atoms with E-state index in [1.807, 2.05) is 46.2 Å². The summed E-state index contributed by atoms with van der Waals surface area (Å²) in [4.78, 5) is 29.5. The van der Waals surface area contributed by atoms with Gasteiger partial charge >= 0.3 is 0 Å². The van der Waals surface area contributed by atoms with E-state index in [2.05, 4.69) is 24.3 Å². The number of likely N-dealkylation sites (tertiary alicyclic amines) is 1. The summed E-state index contributed by atoms with van der Waals surface area (Å²) in [6.07, 6.45) is 4.39. The highest BCUT2D eigenvalue weighted by Crippen LogP contribution is 2.50. The fraction of sp³-hybridized carbons (Fsp3) is 0.440. The Kier molecular flexibility index (Phi) is 5.07. The number of rotatable bonds is 6. The van der Waals surface area contributed by atoms with Gasteiger partial charge in [-0.15, -0.1) is 0 Å². The summed E-state index contributed by atoms with van der Waals surface area (Å²) in [6.45, 7) is 1.26. The lowest BCUT2D eigenvalue weighted by Gasteiger charge is -2.32. The van der Waals surface area contributed by atoms with Gasteiger partial charge in [0.1, 0.15) is 6.10 Å². The Morgan fingerprint density at radius 1 is 1.03 bits per heavy atom. The van der Waals surface area contributed by atoms with Gasteiger partial charge in [0.2, 0.25) is 11.8 Å². The molecule has 30 heavy (non-hydrogen) atoms. The van der Waals surface area contributed by atoms with Crippen molar-refractivity contribution in [3.63, 3.8) is 0 Å². The van der Waals surface area contributed by atoms with Crippen LogP contribution in [0, 0.1) is 0 Å². The van der Waals surface area contributed by atoms with Crippen molar-refractivity contribution in [2.75, 3.05) is 13.1 Å². The van der Waals surface area contributed by atoms with Gasteiger partial charge < -0.3 is 14.5 Å². The van der Waals surface area contributed by atoms with Gasteiger partial charge in [0.25, 0.3) is 0 Å². The maximum atomic E-state index is 13.0. The Hall–Kier alpha value is -2.66. The van der Waals surface area contributed by atoms with Gasteiger partial charge in [0, 0.05) is 19.4 Å². The first kappa shape index (κ1) is 19.3. The molecule has 3 aliphatic heterocycles. The van der Waals surface area contributed by atoms with Crippen molar-refractivity contribution in [3.05, 3.63) is 71.8 Å². The van der Waals surface area contributed by atoms with Crippen molar-refractivity contribution in [2.45, 2.75) is 56.4 Å². The molecule has 3 fully saturated rings. The van der Waals surface area contributed by atoms with E-state index in [0.29, 0.717) is 32.4 Å². The van der Waals surface area contributed by atoms with Crippen LogP contribution in [0.15, 0.2) is 60.7 Å². The zero-order valence-electron chi connectivity index (χ0n) is 17.2. The third-order valence-corrected chi connectivity index (χ3v) is 6.87. The van der Waals surface area contributed by atoms with Crippen LogP contribution in [0.1, 0.15) is 49.3 Å². The summed E-state index contributed by atoms with van der Waals surface area (Å²) in [5.41, 5.74) is 1.78. The monoisotopic (exact) mass is 404 g/mol. The summed E-state index contributed by atoms with van der Waals surface area (Å²) in [7, 11) is 0. The molecule has 2 aromatic carbocycles. The zero-order valence-corrected chi connectivity index (χ0v) is 17.2. The van der Waals surface area contributed by atoms with Crippen LogP contribution in [0.4, 0.5) is 0 Å². The number of hydrogen-bond donors (Lipinski definition) is 0. The largest absolute Gasteiger partial charge is 0.343 e. The summed E-state index contributed by atoms with van der Waals surface area (Å²) in [6, 6.07) is 20.3. The van der Waals surface area contributed by atoms with E-state index in [1.165, 1.54) is 5.56 Å². The van der Waals surface area contributed by atoms with Crippen LogP contribution < -0.4 is 0 Å². The van der Waals surface area contributed by atoms with Gasteiger partial charge in [-0.25, -0.2) is 0 Å². The van der Waals surface area contributed by atoms with Crippen molar-refractivity contribution in [1.29, 1.82) is 0 Å². The number of benzene rings is 2. The van der Waals surface area contributed by atoms with Crippen LogP contribution in [0.2, 0.25) is 0 Å². The lowest BCUT2D eigenvalue weighted by Crippen LogP contribution is -2.48. The molecule has 5 heteroatoms. The summed E-state index contributed by atoms with van der Waals surface area (Å²) >= 11 is 0. The van der Waals surface area contributed by atoms with E-state index in [-0.39, 0.29) is 24.0 Å². The van der Waals surface area contributed by atoms with E-state index in [0.717, 1.165) is 24.8 Å². The first-order valence-corrected chi connectivity index (χ1v) is 11.0. The van der Waals surface area contributed by atoms with Gasteiger partial charge in [0.15, 0.2) is 5.72 Å². The van der Waals surface area contributed by atoms with Crippen molar-refractivity contribution >= 4 is 11.8 Å². The van der Waals surface area contributed by atoms with Crippen molar-refractivity contribution < 1.29 is 14.3 Å². The van der Waals surface area contributed by atoms with Crippen LogP contribution in [-0.4, -0.2) is 46.5 Å². The minimum absolute atomic E-state index is 0.111. The third kappa shape index (κ3) is 3.31. The van der Waals surface area contributed by atoms with E-state index in [9.17, 15) is 9.59 Å². The standard InChI is InChI=1S/C25H28N2O3/c28-23(14-8-7-11-19-9-3-1-4-10-19)26-16-15-25-22(26)17-24(29)27(25)18-21(30-25)20-12-5-2-6-13-20/h1-6,9-10,12-13,21-22H,7-8,11,14-18H2/t21-,22-,25+/m1/s1. The van der Waals surface area contributed by atoms with Crippen LogP contribution in [-0.2, 0) is 20.7 Å². The Morgan fingerprint density at radius 2 is 1.77 bits per heavy atom. The topological polar surface area (TPSA) is 49.9 Å². The Labute approximate surface area is 177 Å². The highest BCUT2D eigenvalue weighted by Gasteiger charge is 2.64. The van der Waals surface area contributed by atoms with Gasteiger partial charge in [-0.2, -0.15) is 0 Å². The maximum absolute atomic E-state index is 13.0. The first-order valence-electron chi connectivity index (χ1n) is 11.0. The molecule has 0 unspecified atom stereocenters. The Bertz CT molecular complexity index is 917. The van der Waals surface area contributed by atoms with Crippen molar-refractivity contribution in [1.82, 2.24) is 9.80 Å². The molecular formula is C25H28N2O3. The lowest BCUT2D eigenvalue weighted by molar-refractivity contribution is -0.142. The predicted octanol–water partition coefficient (Wildman–Crippen LogP) is 3.70. The molecule has 0 aromatic heterocycles. The van der Waals surface area contributed by atoms with Gasteiger partial charge in [-0.1, -0.05) is 60.7 Å². The van der Waals surface area contributed by atoms with Gasteiger partial charge in [0.05, 0.1) is 19.0 Å². The van der Waals surface area contributed by atoms with Crippen molar-refractivity contribution in [2.24, 2.45) is 0 Å². The average molecular weight is 405 g/mol. The quantitative estimate of drug-likeness (QED) is 0.690. The maximum Gasteiger partial charge on any atom is 0.227 e. The highest BCUT2D eigenvalue weighted by molar-refractivity contribution is 5.84. The second kappa shape index (κ2) is 7.88. The summed E-state index contributed by atoms with van der Waals surface area (Å²) in [5.74, 6) is 0.270. The Balaban J connectivity index is 1.21. The molecule has 5 nitrogen and oxygen atoms in total. The van der Waals surface area contributed by atoms with Crippen LogP contribution in [0.5, 0.6) is 0 Å². The molecule has 2 amide bonds. The molecule has 3 heterocycles. The fourth-order valence-electron chi connectivity index (χ4n) is 5.36. The van der Waals surface area contributed by atoms with E-state index in [4.69, 9.17) is 4.74 Å². The molecule has 0 saturated carbocycles. The number of ether oxygens (including phenoxy) is 1. The molecule has 5 rings (SSSR count). The minimum Gasteiger partial charge on any atom is -0.343 e. The zero-order chi connectivity index (χ0) is 20.6. The molecule has 3 atom stereocenters. The lowest BCUT2D eigenvalue weighted by atomic mass is 10.0. The van der Waals surface area contributed by atoms with Crippen LogP contribution in [0.25, 0.3) is 0 Å². The number of aryl methyl sites for hydroxylation is 1. The van der Waals surface area contributed by atoms with Gasteiger partial charge in [-0.3, -0.25) is 9.59 Å². The number of carbonyl (C=O) groups excluding carboxylic acids is 2. The van der Waals surface area contributed by atoms with E-state index >= 15 is 0 Å². The first-order chi connectivity index (χ1) is 14.7. The third-order valence-electron chi connectivity index (χ3n) is 6.87. The molecule has 2 aromatic rings. The van der Waals surface area contributed by atoms with Gasteiger partial charge in [-0.05, 0) is 30.4 Å². The SMILES string of the molecule is O=C(CCCCc1ccccc1)N1CC[C@@]23O[C@@H](c4ccccc4)CN2C(=O)C[C@@H]13. The highest BCUT2D eigenvalue weighted by atomic mass is 16.5. The average Bonchev–Trinajstić information content (AvgIpc) is 3.41. The molecule has 3 aliphatic rings. The summed E-state index contributed by atoms with van der Waals surface area (Å²) in [5, 5.41) is 0. The summed E-state index contributed by atoms with van der Waals surface area (Å²) < 4.78 is 6.53. The molecule has 3 saturated heterocycles. The van der Waals surface area contributed by atoms with Crippen molar-refractivity contribution in [3.8, 4) is 0 Å². The normalized spacial score (nSPS) is 27.4. The molecular weight excluding hydrogens is 376 g/mol. The van der Waals surface area contributed by atoms with E-state index < -0.39 is 5.72 Å². The van der Waals surface area contributed by atoms with E-state index in [1.54, 1.807) is 0 Å². The van der Waals surface area contributed by atoms with Crippen LogP contribution >= 0.6 is 0 Å². The number of carbonyl (C=O) groups is 2. The number of amides is 2. The molecule has 0 bridgehead atoms. The number of nitrogens with zero attached hydrogens (tertiary/aromatic N) is 2. The second-order valence-electron chi connectivity index (χ2n) is 8.62. The molecule has 0 N–H and O–H groups in total. The molecule has 1 spiro atoms. The number of hydrogen-bond acceptors (Lipinski definition) is 3. The smallest absolute Gasteiger partial charge is 0.227 e. The van der Waals surface area contributed by atoms with Crippen LogP contribution in [0.3, 0.4) is 0 Å². The predicted molar refractivity (Wildman–Crippen MR) is 113 cm³/mol. The minimum atomic E-state index is -0.628. The molecule has 0 aliphatic carbocycles.